The highest BCUT2D eigenvalue weighted by Gasteiger charge is 2.44. The van der Waals surface area contributed by atoms with Gasteiger partial charge >= 0.3 is 0 Å². The molecule has 1 atom stereocenters. The molecule has 4 heteroatoms. The first-order chi connectivity index (χ1) is 10.0. The van der Waals surface area contributed by atoms with E-state index in [1.165, 1.54) is 0 Å². The standard InChI is InChI=1S/C18H26N2O2/c1-12-11-13-9-7-8-10-14(13)20(12)16(22)18(5,6)15(21)19-17(2,3)4/h7-10,12H,11H2,1-6H3,(H,19,21). The van der Waals surface area contributed by atoms with Crippen molar-refractivity contribution in [2.45, 2.75) is 59.5 Å². The fourth-order valence-electron chi connectivity index (χ4n) is 2.77. The van der Waals surface area contributed by atoms with Crippen LogP contribution in [-0.2, 0) is 16.0 Å². The lowest BCUT2D eigenvalue weighted by Crippen LogP contribution is -2.54. The fourth-order valence-corrected chi connectivity index (χ4v) is 2.77. The van der Waals surface area contributed by atoms with Crippen molar-refractivity contribution in [3.63, 3.8) is 0 Å². The third-order valence-corrected chi connectivity index (χ3v) is 4.02. The van der Waals surface area contributed by atoms with Gasteiger partial charge in [-0.2, -0.15) is 0 Å². The third kappa shape index (κ3) is 3.01. The van der Waals surface area contributed by atoms with Crippen LogP contribution < -0.4 is 10.2 Å². The maximum Gasteiger partial charge on any atom is 0.242 e. The summed E-state index contributed by atoms with van der Waals surface area (Å²) in [7, 11) is 0. The molecule has 1 heterocycles. The summed E-state index contributed by atoms with van der Waals surface area (Å²) in [6.07, 6.45) is 0.832. The summed E-state index contributed by atoms with van der Waals surface area (Å²) in [6.45, 7) is 11.2. The summed E-state index contributed by atoms with van der Waals surface area (Å²) >= 11 is 0. The second-order valence-electron chi connectivity index (χ2n) is 7.69. The van der Waals surface area contributed by atoms with E-state index < -0.39 is 5.41 Å². The quantitative estimate of drug-likeness (QED) is 0.854. The molecule has 0 aromatic heterocycles. The van der Waals surface area contributed by atoms with Crippen molar-refractivity contribution >= 4 is 17.5 Å². The molecule has 1 aliphatic heterocycles. The smallest absolute Gasteiger partial charge is 0.242 e. The number of anilines is 1. The van der Waals surface area contributed by atoms with Crippen LogP contribution in [0.5, 0.6) is 0 Å². The minimum atomic E-state index is -1.10. The van der Waals surface area contributed by atoms with Gasteiger partial charge in [0.15, 0.2) is 0 Å². The van der Waals surface area contributed by atoms with Gasteiger partial charge < -0.3 is 10.2 Å². The molecule has 1 aromatic carbocycles. The first-order valence-electron chi connectivity index (χ1n) is 7.78. The lowest BCUT2D eigenvalue weighted by atomic mass is 9.88. The van der Waals surface area contributed by atoms with Crippen molar-refractivity contribution in [1.29, 1.82) is 0 Å². The van der Waals surface area contributed by atoms with E-state index in [-0.39, 0.29) is 23.4 Å². The highest BCUT2D eigenvalue weighted by atomic mass is 16.2. The molecule has 1 unspecified atom stereocenters. The molecule has 120 valence electrons. The molecule has 0 spiro atoms. The maximum atomic E-state index is 13.0. The minimum Gasteiger partial charge on any atom is -0.351 e. The second-order valence-corrected chi connectivity index (χ2v) is 7.69. The Morgan fingerprint density at radius 1 is 1.14 bits per heavy atom. The molecule has 1 N–H and O–H groups in total. The van der Waals surface area contributed by atoms with Crippen molar-refractivity contribution in [3.05, 3.63) is 29.8 Å². The number of para-hydroxylation sites is 1. The van der Waals surface area contributed by atoms with Crippen molar-refractivity contribution in [3.8, 4) is 0 Å². The summed E-state index contributed by atoms with van der Waals surface area (Å²) in [5.74, 6) is -0.381. The largest absolute Gasteiger partial charge is 0.351 e. The highest BCUT2D eigenvalue weighted by molar-refractivity contribution is 6.12. The minimum absolute atomic E-state index is 0.0756. The Hall–Kier alpha value is -1.84. The molecule has 1 aromatic rings. The average Bonchev–Trinajstić information content (AvgIpc) is 2.71. The van der Waals surface area contributed by atoms with Crippen LogP contribution in [0.25, 0.3) is 0 Å². The third-order valence-electron chi connectivity index (χ3n) is 4.02. The fraction of sp³-hybridized carbons (Fsp3) is 0.556. The van der Waals surface area contributed by atoms with E-state index in [1.54, 1.807) is 18.7 Å². The maximum absolute atomic E-state index is 13.0. The molecular weight excluding hydrogens is 276 g/mol. The van der Waals surface area contributed by atoms with Crippen molar-refractivity contribution in [2.24, 2.45) is 5.41 Å². The SMILES string of the molecule is CC1Cc2ccccc2N1C(=O)C(C)(C)C(=O)NC(C)(C)C. The van der Waals surface area contributed by atoms with Crippen LogP contribution in [0.3, 0.4) is 0 Å². The summed E-state index contributed by atoms with van der Waals surface area (Å²) in [4.78, 5) is 27.3. The van der Waals surface area contributed by atoms with E-state index in [1.807, 2.05) is 52.0 Å². The van der Waals surface area contributed by atoms with Gasteiger partial charge in [-0.25, -0.2) is 0 Å². The molecule has 0 radical (unpaired) electrons. The van der Waals surface area contributed by atoms with Gasteiger partial charge in [0, 0.05) is 17.3 Å². The monoisotopic (exact) mass is 302 g/mol. The van der Waals surface area contributed by atoms with Crippen molar-refractivity contribution < 1.29 is 9.59 Å². The van der Waals surface area contributed by atoms with Gasteiger partial charge in [-0.15, -0.1) is 0 Å². The molecule has 0 saturated heterocycles. The summed E-state index contributed by atoms with van der Waals surface area (Å²) in [5.41, 5.74) is 0.634. The summed E-state index contributed by atoms with van der Waals surface area (Å²) in [5, 5.41) is 2.92. The number of nitrogens with one attached hydrogen (secondary N) is 1. The van der Waals surface area contributed by atoms with Crippen LogP contribution in [0.15, 0.2) is 24.3 Å². The number of hydrogen-bond donors (Lipinski definition) is 1. The molecule has 2 rings (SSSR count). The number of hydrogen-bond acceptors (Lipinski definition) is 2. The Bertz CT molecular complexity index is 599. The Balaban J connectivity index is 2.29. The van der Waals surface area contributed by atoms with E-state index in [0.717, 1.165) is 17.7 Å². The van der Waals surface area contributed by atoms with Crippen LogP contribution >= 0.6 is 0 Å². The predicted molar refractivity (Wildman–Crippen MR) is 88.8 cm³/mol. The van der Waals surface area contributed by atoms with Crippen LogP contribution in [-0.4, -0.2) is 23.4 Å². The Morgan fingerprint density at radius 3 is 2.32 bits per heavy atom. The van der Waals surface area contributed by atoms with E-state index in [4.69, 9.17) is 0 Å². The molecule has 22 heavy (non-hydrogen) atoms. The van der Waals surface area contributed by atoms with Crippen LogP contribution in [0.4, 0.5) is 5.69 Å². The van der Waals surface area contributed by atoms with Gasteiger partial charge in [0.1, 0.15) is 5.41 Å². The molecule has 0 bridgehead atoms. The molecule has 0 fully saturated rings. The zero-order valence-electron chi connectivity index (χ0n) is 14.4. The first kappa shape index (κ1) is 16.5. The van der Waals surface area contributed by atoms with Gasteiger partial charge in [-0.1, -0.05) is 18.2 Å². The number of nitrogens with zero attached hydrogens (tertiary/aromatic N) is 1. The lowest BCUT2D eigenvalue weighted by molar-refractivity contribution is -0.140. The molecular formula is C18H26N2O2. The van der Waals surface area contributed by atoms with E-state index in [2.05, 4.69) is 5.32 Å². The zero-order valence-corrected chi connectivity index (χ0v) is 14.4. The number of rotatable bonds is 2. The predicted octanol–water partition coefficient (Wildman–Crippen LogP) is 2.91. The van der Waals surface area contributed by atoms with Gasteiger partial charge in [0.25, 0.3) is 0 Å². The average molecular weight is 302 g/mol. The van der Waals surface area contributed by atoms with Gasteiger partial charge in [0.2, 0.25) is 11.8 Å². The Morgan fingerprint density at radius 2 is 1.73 bits per heavy atom. The molecule has 4 nitrogen and oxygen atoms in total. The normalized spacial score (nSPS) is 18.1. The second kappa shape index (κ2) is 5.41. The molecule has 1 aliphatic rings. The van der Waals surface area contributed by atoms with Crippen LogP contribution in [0.1, 0.15) is 47.1 Å². The Kier molecular flexibility index (Phi) is 4.07. The van der Waals surface area contributed by atoms with Gasteiger partial charge in [0.05, 0.1) is 0 Å². The Labute approximate surface area is 132 Å². The van der Waals surface area contributed by atoms with Crippen molar-refractivity contribution in [1.82, 2.24) is 5.32 Å². The zero-order chi connectivity index (χ0) is 16.7. The van der Waals surface area contributed by atoms with Gasteiger partial charge in [-0.05, 0) is 59.6 Å². The van der Waals surface area contributed by atoms with Crippen LogP contribution in [0, 0.1) is 5.41 Å². The van der Waals surface area contributed by atoms with E-state index in [0.29, 0.717) is 0 Å². The topological polar surface area (TPSA) is 49.4 Å². The van der Waals surface area contributed by atoms with E-state index in [9.17, 15) is 9.59 Å². The van der Waals surface area contributed by atoms with Crippen LogP contribution in [0.2, 0.25) is 0 Å². The molecule has 0 saturated carbocycles. The number of benzene rings is 1. The van der Waals surface area contributed by atoms with E-state index >= 15 is 0 Å². The first-order valence-corrected chi connectivity index (χ1v) is 7.78. The summed E-state index contributed by atoms with van der Waals surface area (Å²) in [6, 6.07) is 7.98. The highest BCUT2D eigenvalue weighted by Crippen LogP contribution is 2.35. The van der Waals surface area contributed by atoms with Gasteiger partial charge in [-0.3, -0.25) is 9.59 Å². The number of carbonyl (C=O) groups excluding carboxylic acids is 2. The number of fused-ring (bicyclic) bond motifs is 1. The molecule has 0 aliphatic carbocycles. The lowest BCUT2D eigenvalue weighted by Gasteiger charge is -2.33. The molecule has 2 amide bonds. The number of carbonyl (C=O) groups is 2. The summed E-state index contributed by atoms with van der Waals surface area (Å²) < 4.78 is 0. The number of amides is 2. The van der Waals surface area contributed by atoms with Crippen molar-refractivity contribution in [2.75, 3.05) is 4.90 Å².